The van der Waals surface area contributed by atoms with E-state index in [1.807, 2.05) is 6.07 Å². The van der Waals surface area contributed by atoms with Gasteiger partial charge in [-0.3, -0.25) is 9.69 Å². The average Bonchev–Trinajstić information content (AvgIpc) is 3.05. The number of carbonyl (C=O) groups is 1. The molecule has 2 aliphatic rings. The summed E-state index contributed by atoms with van der Waals surface area (Å²) in [6.07, 6.45) is 1.91. The van der Waals surface area contributed by atoms with Crippen molar-refractivity contribution in [3.8, 4) is 0 Å². The minimum atomic E-state index is -0.153. The zero-order chi connectivity index (χ0) is 13.5. The van der Waals surface area contributed by atoms with Crippen LogP contribution < -0.4 is 5.32 Å². The monoisotopic (exact) mass is 262 g/mol. The summed E-state index contributed by atoms with van der Waals surface area (Å²) < 4.78 is 5.77. The Morgan fingerprint density at radius 1 is 1.47 bits per heavy atom. The number of hydrogen-bond donors (Lipinski definition) is 1. The lowest BCUT2D eigenvalue weighted by atomic mass is 9.78. The molecule has 104 valence electrons. The Morgan fingerprint density at radius 2 is 2.26 bits per heavy atom. The second-order valence-electron chi connectivity index (χ2n) is 5.95. The molecule has 0 aliphatic carbocycles. The molecule has 3 heterocycles. The first-order valence-electron chi connectivity index (χ1n) is 7.22. The number of carbonyl (C=O) groups excluding carboxylic acids is 1. The first-order valence-corrected chi connectivity index (χ1v) is 7.22. The highest BCUT2D eigenvalue weighted by molar-refractivity contribution is 5.85. The number of nitrogens with zero attached hydrogens (tertiary/aromatic N) is 1. The molecule has 2 aliphatic heterocycles. The summed E-state index contributed by atoms with van der Waals surface area (Å²) >= 11 is 0. The van der Waals surface area contributed by atoms with E-state index in [-0.39, 0.29) is 11.3 Å². The number of rotatable bonds is 3. The topological polar surface area (TPSA) is 45.5 Å². The first kappa shape index (κ1) is 12.7. The lowest BCUT2D eigenvalue weighted by Gasteiger charge is -2.24. The van der Waals surface area contributed by atoms with Crippen molar-refractivity contribution in [1.82, 2.24) is 10.2 Å². The standard InChI is InChI=1S/C15H22N2O2/c1-3-12-4-5-13(19-12)9-17-8-11(2)15(10-17)6-7-16-14(15)18/h4-5,11H,3,6-10H2,1-2H3,(H,16,18)/t11-,15-/m1/s1. The van der Waals surface area contributed by atoms with Crippen LogP contribution in [0.2, 0.25) is 0 Å². The molecule has 1 spiro atoms. The fraction of sp³-hybridized carbons (Fsp3) is 0.667. The first-order chi connectivity index (χ1) is 9.14. The third-order valence-electron chi connectivity index (χ3n) is 4.74. The van der Waals surface area contributed by atoms with Crippen molar-refractivity contribution in [2.75, 3.05) is 19.6 Å². The molecule has 0 bridgehead atoms. The molecular formula is C15H22N2O2. The quantitative estimate of drug-likeness (QED) is 0.903. The number of aryl methyl sites for hydroxylation is 1. The maximum Gasteiger partial charge on any atom is 0.227 e. The van der Waals surface area contributed by atoms with Crippen molar-refractivity contribution in [3.63, 3.8) is 0 Å². The van der Waals surface area contributed by atoms with Crippen LogP contribution in [0.5, 0.6) is 0 Å². The second kappa shape index (κ2) is 4.67. The largest absolute Gasteiger partial charge is 0.465 e. The van der Waals surface area contributed by atoms with Gasteiger partial charge in [-0.05, 0) is 24.5 Å². The summed E-state index contributed by atoms with van der Waals surface area (Å²) in [6.45, 7) is 7.79. The third kappa shape index (κ3) is 2.08. The minimum absolute atomic E-state index is 0.153. The van der Waals surface area contributed by atoms with Gasteiger partial charge in [-0.15, -0.1) is 0 Å². The molecule has 1 N–H and O–H groups in total. The van der Waals surface area contributed by atoms with Gasteiger partial charge in [-0.2, -0.15) is 0 Å². The Kier molecular flexibility index (Phi) is 3.13. The van der Waals surface area contributed by atoms with E-state index in [0.717, 1.165) is 50.5 Å². The van der Waals surface area contributed by atoms with Crippen LogP contribution in [0, 0.1) is 11.3 Å². The normalized spacial score (nSPS) is 31.3. The summed E-state index contributed by atoms with van der Waals surface area (Å²) in [5, 5.41) is 2.99. The maximum atomic E-state index is 12.1. The molecule has 1 amide bonds. The number of furan rings is 1. The van der Waals surface area contributed by atoms with E-state index >= 15 is 0 Å². The Labute approximate surface area is 114 Å². The van der Waals surface area contributed by atoms with Gasteiger partial charge in [0, 0.05) is 26.1 Å². The third-order valence-corrected chi connectivity index (χ3v) is 4.74. The van der Waals surface area contributed by atoms with Crippen LogP contribution in [0.15, 0.2) is 16.5 Å². The van der Waals surface area contributed by atoms with E-state index in [1.165, 1.54) is 0 Å². The molecular weight excluding hydrogens is 240 g/mol. The van der Waals surface area contributed by atoms with E-state index in [4.69, 9.17) is 4.42 Å². The zero-order valence-electron chi connectivity index (χ0n) is 11.7. The van der Waals surface area contributed by atoms with Gasteiger partial charge in [0.05, 0.1) is 12.0 Å². The Bertz CT molecular complexity index is 482. The lowest BCUT2D eigenvalue weighted by Crippen LogP contribution is -2.37. The van der Waals surface area contributed by atoms with E-state index in [0.29, 0.717) is 5.92 Å². The van der Waals surface area contributed by atoms with Crippen molar-refractivity contribution >= 4 is 5.91 Å². The molecule has 2 saturated heterocycles. The van der Waals surface area contributed by atoms with E-state index < -0.39 is 0 Å². The van der Waals surface area contributed by atoms with E-state index in [2.05, 4.69) is 30.1 Å². The minimum Gasteiger partial charge on any atom is -0.465 e. The van der Waals surface area contributed by atoms with Crippen molar-refractivity contribution in [2.45, 2.75) is 33.2 Å². The SMILES string of the molecule is CCc1ccc(CN2C[C@@H](C)[C@@]3(CCNC3=O)C2)o1. The number of likely N-dealkylation sites (tertiary alicyclic amines) is 1. The highest BCUT2D eigenvalue weighted by Gasteiger charge is 2.52. The lowest BCUT2D eigenvalue weighted by molar-refractivity contribution is -0.128. The van der Waals surface area contributed by atoms with E-state index in [9.17, 15) is 4.79 Å². The molecule has 4 heteroatoms. The number of hydrogen-bond acceptors (Lipinski definition) is 3. The molecule has 0 saturated carbocycles. The van der Waals surface area contributed by atoms with Crippen LogP contribution in [0.4, 0.5) is 0 Å². The van der Waals surface area contributed by atoms with Crippen molar-refractivity contribution < 1.29 is 9.21 Å². The van der Waals surface area contributed by atoms with Crippen molar-refractivity contribution in [2.24, 2.45) is 11.3 Å². The Morgan fingerprint density at radius 3 is 2.89 bits per heavy atom. The second-order valence-corrected chi connectivity index (χ2v) is 5.95. The highest BCUT2D eigenvalue weighted by Crippen LogP contribution is 2.42. The van der Waals surface area contributed by atoms with Gasteiger partial charge in [0.1, 0.15) is 11.5 Å². The van der Waals surface area contributed by atoms with Crippen LogP contribution >= 0.6 is 0 Å². The average molecular weight is 262 g/mol. The predicted octanol–water partition coefficient (Wildman–Crippen LogP) is 1.80. The molecule has 1 aromatic heterocycles. The molecule has 1 aromatic rings. The summed E-state index contributed by atoms with van der Waals surface area (Å²) in [6, 6.07) is 4.11. The van der Waals surface area contributed by atoms with Crippen LogP contribution in [0.1, 0.15) is 31.8 Å². The van der Waals surface area contributed by atoms with Gasteiger partial charge < -0.3 is 9.73 Å². The Balaban J connectivity index is 1.69. The smallest absolute Gasteiger partial charge is 0.227 e. The van der Waals surface area contributed by atoms with Crippen LogP contribution in [-0.4, -0.2) is 30.4 Å². The molecule has 2 atom stereocenters. The van der Waals surface area contributed by atoms with Gasteiger partial charge in [0.15, 0.2) is 0 Å². The van der Waals surface area contributed by atoms with Gasteiger partial charge >= 0.3 is 0 Å². The van der Waals surface area contributed by atoms with Gasteiger partial charge in [-0.25, -0.2) is 0 Å². The van der Waals surface area contributed by atoms with Crippen LogP contribution in [0.25, 0.3) is 0 Å². The molecule has 2 fully saturated rings. The van der Waals surface area contributed by atoms with Gasteiger partial charge in [0.2, 0.25) is 5.91 Å². The van der Waals surface area contributed by atoms with E-state index in [1.54, 1.807) is 0 Å². The van der Waals surface area contributed by atoms with Crippen LogP contribution in [0.3, 0.4) is 0 Å². The maximum absolute atomic E-state index is 12.1. The molecule has 0 radical (unpaired) electrons. The molecule has 0 unspecified atom stereocenters. The zero-order valence-corrected chi connectivity index (χ0v) is 11.7. The van der Waals surface area contributed by atoms with Gasteiger partial charge in [-0.1, -0.05) is 13.8 Å². The molecule has 0 aromatic carbocycles. The fourth-order valence-electron chi connectivity index (χ4n) is 3.53. The van der Waals surface area contributed by atoms with Gasteiger partial charge in [0.25, 0.3) is 0 Å². The van der Waals surface area contributed by atoms with Crippen LogP contribution in [-0.2, 0) is 17.8 Å². The molecule has 4 nitrogen and oxygen atoms in total. The summed E-state index contributed by atoms with van der Waals surface area (Å²) in [5.41, 5.74) is -0.153. The highest BCUT2D eigenvalue weighted by atomic mass is 16.3. The number of amides is 1. The molecule has 3 rings (SSSR count). The summed E-state index contributed by atoms with van der Waals surface area (Å²) in [7, 11) is 0. The van der Waals surface area contributed by atoms with Crippen molar-refractivity contribution in [1.29, 1.82) is 0 Å². The van der Waals surface area contributed by atoms with Crippen molar-refractivity contribution in [3.05, 3.63) is 23.7 Å². The fourth-order valence-corrected chi connectivity index (χ4v) is 3.53. The predicted molar refractivity (Wildman–Crippen MR) is 72.6 cm³/mol. The molecule has 19 heavy (non-hydrogen) atoms. The summed E-state index contributed by atoms with van der Waals surface area (Å²) in [4.78, 5) is 14.5. The number of nitrogens with one attached hydrogen (secondary N) is 1. The summed E-state index contributed by atoms with van der Waals surface area (Å²) in [5.74, 6) is 2.72. The Hall–Kier alpha value is -1.29.